The quantitative estimate of drug-likeness (QED) is 0.836. The molecular weight excluding hydrogens is 254 g/mol. The fourth-order valence-electron chi connectivity index (χ4n) is 1.75. The molecule has 0 unspecified atom stereocenters. The van der Waals surface area contributed by atoms with E-state index < -0.39 is 0 Å². The molecule has 0 radical (unpaired) electrons. The van der Waals surface area contributed by atoms with Crippen LogP contribution in [0, 0.1) is 11.3 Å². The summed E-state index contributed by atoms with van der Waals surface area (Å²) in [5.41, 5.74) is 7.52. The monoisotopic (exact) mass is 267 g/mol. The number of methoxy groups -OCH3 is 1. The number of nitrogens with one attached hydrogen (secondary N) is 1. The molecule has 2 aromatic carbocycles. The highest BCUT2D eigenvalue weighted by Gasteiger charge is 2.10. The Morgan fingerprint density at radius 1 is 1.30 bits per heavy atom. The molecule has 2 aromatic rings. The Kier molecular flexibility index (Phi) is 3.87. The van der Waals surface area contributed by atoms with E-state index in [0.29, 0.717) is 28.3 Å². The molecule has 1 amide bonds. The molecule has 0 aliphatic carbocycles. The van der Waals surface area contributed by atoms with E-state index in [9.17, 15) is 4.79 Å². The molecule has 0 spiro atoms. The third-order valence-corrected chi connectivity index (χ3v) is 2.73. The van der Waals surface area contributed by atoms with Crippen molar-refractivity contribution in [3.8, 4) is 11.8 Å². The van der Waals surface area contributed by atoms with Crippen LogP contribution in [0.25, 0.3) is 0 Å². The number of rotatable bonds is 3. The van der Waals surface area contributed by atoms with Crippen LogP contribution in [0.1, 0.15) is 15.9 Å². The van der Waals surface area contributed by atoms with E-state index in [2.05, 4.69) is 5.32 Å². The van der Waals surface area contributed by atoms with Crippen LogP contribution < -0.4 is 15.8 Å². The first-order chi connectivity index (χ1) is 9.63. The predicted octanol–water partition coefficient (Wildman–Crippen LogP) is 2.40. The minimum absolute atomic E-state index is 0.328. The van der Waals surface area contributed by atoms with Crippen molar-refractivity contribution in [1.29, 1.82) is 5.26 Å². The molecule has 100 valence electrons. The van der Waals surface area contributed by atoms with Crippen molar-refractivity contribution in [3.63, 3.8) is 0 Å². The molecule has 2 rings (SSSR count). The van der Waals surface area contributed by atoms with Crippen LogP contribution in [0.5, 0.6) is 5.75 Å². The number of nitriles is 1. The average molecular weight is 267 g/mol. The Bertz CT molecular complexity index is 690. The number of benzene rings is 2. The van der Waals surface area contributed by atoms with Crippen LogP contribution >= 0.6 is 0 Å². The zero-order valence-corrected chi connectivity index (χ0v) is 10.9. The SMILES string of the molecule is COc1ccc(N)cc1NC(=O)c1cccc(C#N)c1. The fraction of sp³-hybridized carbons (Fsp3) is 0.0667. The number of anilines is 2. The molecule has 0 saturated heterocycles. The molecule has 0 bridgehead atoms. The van der Waals surface area contributed by atoms with Crippen molar-refractivity contribution in [3.05, 3.63) is 53.6 Å². The maximum absolute atomic E-state index is 12.1. The second-order valence-electron chi connectivity index (χ2n) is 4.11. The molecule has 0 heterocycles. The highest BCUT2D eigenvalue weighted by Crippen LogP contribution is 2.27. The van der Waals surface area contributed by atoms with E-state index in [1.165, 1.54) is 13.2 Å². The second kappa shape index (κ2) is 5.76. The van der Waals surface area contributed by atoms with Crippen molar-refractivity contribution in [1.82, 2.24) is 0 Å². The number of carbonyl (C=O) groups excluding carboxylic acids is 1. The lowest BCUT2D eigenvalue weighted by Gasteiger charge is -2.11. The van der Waals surface area contributed by atoms with Gasteiger partial charge in [0.25, 0.3) is 5.91 Å². The Hall–Kier alpha value is -3.00. The lowest BCUT2D eigenvalue weighted by atomic mass is 10.1. The van der Waals surface area contributed by atoms with Crippen LogP contribution in [0.2, 0.25) is 0 Å². The topological polar surface area (TPSA) is 88.1 Å². The van der Waals surface area contributed by atoms with Crippen LogP contribution in [-0.4, -0.2) is 13.0 Å². The third kappa shape index (κ3) is 2.87. The number of ether oxygens (including phenoxy) is 1. The van der Waals surface area contributed by atoms with E-state index in [1.54, 1.807) is 36.4 Å². The molecular formula is C15H13N3O2. The summed E-state index contributed by atoms with van der Waals surface area (Å²) >= 11 is 0. The maximum Gasteiger partial charge on any atom is 0.255 e. The summed E-state index contributed by atoms with van der Waals surface area (Å²) in [5, 5.41) is 11.6. The molecule has 0 aromatic heterocycles. The van der Waals surface area contributed by atoms with Crippen LogP contribution in [-0.2, 0) is 0 Å². The lowest BCUT2D eigenvalue weighted by molar-refractivity contribution is 0.102. The molecule has 0 aliphatic heterocycles. The number of carbonyl (C=O) groups is 1. The van der Waals surface area contributed by atoms with Crippen LogP contribution in [0.3, 0.4) is 0 Å². The largest absolute Gasteiger partial charge is 0.495 e. The van der Waals surface area contributed by atoms with E-state index in [0.717, 1.165) is 0 Å². The standard InChI is InChI=1S/C15H13N3O2/c1-20-14-6-5-12(17)8-13(14)18-15(19)11-4-2-3-10(7-11)9-16/h2-8H,17H2,1H3,(H,18,19). The van der Waals surface area contributed by atoms with Gasteiger partial charge in [0.1, 0.15) is 5.75 Å². The van der Waals surface area contributed by atoms with Gasteiger partial charge in [-0.1, -0.05) is 6.07 Å². The number of nitrogen functional groups attached to an aromatic ring is 1. The molecule has 0 aliphatic rings. The Morgan fingerprint density at radius 2 is 2.10 bits per heavy atom. The van der Waals surface area contributed by atoms with Crippen LogP contribution in [0.4, 0.5) is 11.4 Å². The molecule has 5 heteroatoms. The third-order valence-electron chi connectivity index (χ3n) is 2.73. The first-order valence-corrected chi connectivity index (χ1v) is 5.89. The van der Waals surface area contributed by atoms with Crippen molar-refractivity contribution in [2.75, 3.05) is 18.2 Å². The number of hydrogen-bond acceptors (Lipinski definition) is 4. The number of nitrogens with two attached hydrogens (primary N) is 1. The molecule has 0 fully saturated rings. The van der Waals surface area contributed by atoms with Gasteiger partial charge < -0.3 is 15.8 Å². The van der Waals surface area contributed by atoms with Crippen molar-refractivity contribution >= 4 is 17.3 Å². The fourth-order valence-corrected chi connectivity index (χ4v) is 1.75. The van der Waals surface area contributed by atoms with Gasteiger partial charge in [-0.15, -0.1) is 0 Å². The summed E-state index contributed by atoms with van der Waals surface area (Å²) in [7, 11) is 1.51. The van der Waals surface area contributed by atoms with Gasteiger partial charge in [-0.05, 0) is 36.4 Å². The second-order valence-corrected chi connectivity index (χ2v) is 4.11. The van der Waals surface area contributed by atoms with Gasteiger partial charge in [0.05, 0.1) is 24.4 Å². The molecule has 20 heavy (non-hydrogen) atoms. The van der Waals surface area contributed by atoms with Gasteiger partial charge in [-0.2, -0.15) is 5.26 Å². The van der Waals surface area contributed by atoms with E-state index in [1.807, 2.05) is 6.07 Å². The number of hydrogen-bond donors (Lipinski definition) is 2. The van der Waals surface area contributed by atoms with Crippen molar-refractivity contribution < 1.29 is 9.53 Å². The summed E-state index contributed by atoms with van der Waals surface area (Å²) in [6.07, 6.45) is 0. The van der Waals surface area contributed by atoms with E-state index >= 15 is 0 Å². The zero-order valence-electron chi connectivity index (χ0n) is 10.9. The van der Waals surface area contributed by atoms with Gasteiger partial charge in [0, 0.05) is 11.3 Å². The van der Waals surface area contributed by atoms with E-state index in [4.69, 9.17) is 15.7 Å². The predicted molar refractivity (Wildman–Crippen MR) is 76.5 cm³/mol. The van der Waals surface area contributed by atoms with Crippen LogP contribution in [0.15, 0.2) is 42.5 Å². The van der Waals surface area contributed by atoms with Gasteiger partial charge in [0.15, 0.2) is 0 Å². The zero-order chi connectivity index (χ0) is 14.5. The molecule has 0 saturated carbocycles. The lowest BCUT2D eigenvalue weighted by Crippen LogP contribution is -2.13. The minimum Gasteiger partial charge on any atom is -0.495 e. The highest BCUT2D eigenvalue weighted by molar-refractivity contribution is 6.05. The molecule has 5 nitrogen and oxygen atoms in total. The molecule has 0 atom stereocenters. The van der Waals surface area contributed by atoms with Gasteiger partial charge >= 0.3 is 0 Å². The summed E-state index contributed by atoms with van der Waals surface area (Å²) < 4.78 is 5.16. The normalized spacial score (nSPS) is 9.60. The van der Waals surface area contributed by atoms with Gasteiger partial charge in [-0.25, -0.2) is 0 Å². The van der Waals surface area contributed by atoms with Gasteiger partial charge in [0.2, 0.25) is 0 Å². The van der Waals surface area contributed by atoms with Crippen molar-refractivity contribution in [2.24, 2.45) is 0 Å². The Morgan fingerprint density at radius 3 is 2.80 bits per heavy atom. The number of nitrogens with zero attached hydrogens (tertiary/aromatic N) is 1. The Labute approximate surface area is 116 Å². The number of amides is 1. The molecule has 3 N–H and O–H groups in total. The minimum atomic E-state index is -0.328. The Balaban J connectivity index is 2.27. The first kappa shape index (κ1) is 13.4. The summed E-state index contributed by atoms with van der Waals surface area (Å²) in [5.74, 6) is 0.190. The van der Waals surface area contributed by atoms with Gasteiger partial charge in [-0.3, -0.25) is 4.79 Å². The average Bonchev–Trinajstić information content (AvgIpc) is 2.47. The maximum atomic E-state index is 12.1. The first-order valence-electron chi connectivity index (χ1n) is 5.89. The summed E-state index contributed by atoms with van der Waals surface area (Å²) in [4.78, 5) is 12.1. The van der Waals surface area contributed by atoms with E-state index in [-0.39, 0.29) is 5.91 Å². The summed E-state index contributed by atoms with van der Waals surface area (Å²) in [6.45, 7) is 0. The highest BCUT2D eigenvalue weighted by atomic mass is 16.5. The summed E-state index contributed by atoms with van der Waals surface area (Å²) in [6, 6.07) is 13.4. The smallest absolute Gasteiger partial charge is 0.255 e. The van der Waals surface area contributed by atoms with Crippen molar-refractivity contribution in [2.45, 2.75) is 0 Å².